The Labute approximate surface area is 159 Å². The van der Waals surface area contributed by atoms with Crippen LogP contribution in [0, 0.1) is 10.1 Å². The summed E-state index contributed by atoms with van der Waals surface area (Å²) >= 11 is 6.01. The summed E-state index contributed by atoms with van der Waals surface area (Å²) in [5.74, 6) is 0.559. The van der Waals surface area contributed by atoms with Gasteiger partial charge >= 0.3 is 5.69 Å². The molecule has 0 atom stereocenters. The standard InChI is InChI=1S/C17H15ClN6O3/c1-2-27-13-8-4-3-6-11(13)22-16-14(24(25)26)17(21-10-20-16)23-12-7-5-9-19-15(12)18/h3-10H,2H2,1H3,(H2,20,21,22,23). The molecule has 3 aromatic rings. The van der Waals surface area contributed by atoms with E-state index in [1.807, 2.05) is 13.0 Å². The van der Waals surface area contributed by atoms with Crippen molar-refractivity contribution >= 4 is 40.3 Å². The fraction of sp³-hybridized carbons (Fsp3) is 0.118. The molecule has 3 rings (SSSR count). The minimum absolute atomic E-state index is 0.0127. The number of nitro groups is 1. The van der Waals surface area contributed by atoms with Gasteiger partial charge in [-0.1, -0.05) is 23.7 Å². The van der Waals surface area contributed by atoms with Gasteiger partial charge in [0.05, 0.1) is 22.9 Å². The maximum Gasteiger partial charge on any atom is 0.353 e. The van der Waals surface area contributed by atoms with Gasteiger partial charge in [0.2, 0.25) is 11.6 Å². The number of pyridine rings is 1. The van der Waals surface area contributed by atoms with Crippen LogP contribution in [0.1, 0.15) is 6.92 Å². The summed E-state index contributed by atoms with van der Waals surface area (Å²) in [7, 11) is 0. The van der Waals surface area contributed by atoms with Gasteiger partial charge in [-0.3, -0.25) is 10.1 Å². The minimum atomic E-state index is -0.571. The van der Waals surface area contributed by atoms with Crippen molar-refractivity contribution in [2.75, 3.05) is 17.2 Å². The monoisotopic (exact) mass is 386 g/mol. The van der Waals surface area contributed by atoms with E-state index in [0.29, 0.717) is 23.7 Å². The Kier molecular flexibility index (Phi) is 5.62. The number of rotatable bonds is 7. The van der Waals surface area contributed by atoms with E-state index in [1.54, 1.807) is 30.3 Å². The normalized spacial score (nSPS) is 10.3. The molecule has 0 aliphatic carbocycles. The molecule has 0 amide bonds. The van der Waals surface area contributed by atoms with Crippen molar-refractivity contribution < 1.29 is 9.66 Å². The summed E-state index contributed by atoms with van der Waals surface area (Å²) in [5.41, 5.74) is 0.608. The highest BCUT2D eigenvalue weighted by molar-refractivity contribution is 6.32. The van der Waals surface area contributed by atoms with E-state index < -0.39 is 4.92 Å². The van der Waals surface area contributed by atoms with Gasteiger partial charge in [0.1, 0.15) is 12.1 Å². The number of para-hydroxylation sites is 2. The molecule has 9 nitrogen and oxygen atoms in total. The first-order chi connectivity index (χ1) is 13.1. The van der Waals surface area contributed by atoms with Crippen molar-refractivity contribution in [3.05, 3.63) is 64.2 Å². The zero-order valence-corrected chi connectivity index (χ0v) is 15.0. The smallest absolute Gasteiger partial charge is 0.353 e. The van der Waals surface area contributed by atoms with Crippen LogP contribution in [0.2, 0.25) is 5.15 Å². The topological polar surface area (TPSA) is 115 Å². The van der Waals surface area contributed by atoms with Crippen molar-refractivity contribution in [1.29, 1.82) is 0 Å². The second-order valence-electron chi connectivity index (χ2n) is 5.20. The Balaban J connectivity index is 2.00. The van der Waals surface area contributed by atoms with Crippen LogP contribution in [0.3, 0.4) is 0 Å². The Bertz CT molecular complexity index is 969. The fourth-order valence-electron chi connectivity index (χ4n) is 2.32. The predicted molar refractivity (Wildman–Crippen MR) is 102 cm³/mol. The second-order valence-corrected chi connectivity index (χ2v) is 5.56. The molecule has 0 aliphatic heterocycles. The molecule has 0 bridgehead atoms. The van der Waals surface area contributed by atoms with Crippen LogP contribution in [-0.4, -0.2) is 26.5 Å². The zero-order valence-electron chi connectivity index (χ0n) is 14.2. The molecule has 2 aromatic heterocycles. The van der Waals surface area contributed by atoms with Crippen LogP contribution in [0.25, 0.3) is 0 Å². The minimum Gasteiger partial charge on any atom is -0.492 e. The van der Waals surface area contributed by atoms with Gasteiger partial charge in [0.15, 0.2) is 5.15 Å². The van der Waals surface area contributed by atoms with E-state index in [2.05, 4.69) is 25.6 Å². The van der Waals surface area contributed by atoms with Gasteiger partial charge in [0, 0.05) is 6.20 Å². The van der Waals surface area contributed by atoms with E-state index in [9.17, 15) is 10.1 Å². The van der Waals surface area contributed by atoms with E-state index in [4.69, 9.17) is 16.3 Å². The molecule has 0 saturated carbocycles. The molecule has 10 heteroatoms. The van der Waals surface area contributed by atoms with Gasteiger partial charge < -0.3 is 15.4 Å². The van der Waals surface area contributed by atoms with Gasteiger partial charge in [-0.25, -0.2) is 15.0 Å². The van der Waals surface area contributed by atoms with Crippen LogP contribution in [-0.2, 0) is 0 Å². The summed E-state index contributed by atoms with van der Waals surface area (Å²) in [4.78, 5) is 23.0. The number of anilines is 4. The SMILES string of the molecule is CCOc1ccccc1Nc1ncnc(Nc2cccnc2Cl)c1[N+](=O)[O-]. The fourth-order valence-corrected chi connectivity index (χ4v) is 2.49. The number of nitrogens with zero attached hydrogens (tertiary/aromatic N) is 4. The van der Waals surface area contributed by atoms with Crippen LogP contribution in [0.5, 0.6) is 5.75 Å². The van der Waals surface area contributed by atoms with Crippen LogP contribution >= 0.6 is 11.6 Å². The highest BCUT2D eigenvalue weighted by atomic mass is 35.5. The molecule has 0 saturated heterocycles. The highest BCUT2D eigenvalue weighted by Gasteiger charge is 2.24. The lowest BCUT2D eigenvalue weighted by Gasteiger charge is -2.13. The third-order valence-electron chi connectivity index (χ3n) is 3.46. The molecular formula is C17H15ClN6O3. The van der Waals surface area contributed by atoms with E-state index in [-0.39, 0.29) is 22.5 Å². The average Bonchev–Trinajstić information content (AvgIpc) is 2.65. The maximum absolute atomic E-state index is 11.7. The average molecular weight is 387 g/mol. The summed E-state index contributed by atoms with van der Waals surface area (Å²) < 4.78 is 5.53. The van der Waals surface area contributed by atoms with Gasteiger partial charge in [-0.05, 0) is 31.2 Å². The molecule has 0 fully saturated rings. The molecule has 0 radical (unpaired) electrons. The molecule has 138 valence electrons. The van der Waals surface area contributed by atoms with Crippen molar-refractivity contribution in [3.63, 3.8) is 0 Å². The Morgan fingerprint density at radius 2 is 1.74 bits per heavy atom. The lowest BCUT2D eigenvalue weighted by atomic mass is 10.3. The zero-order chi connectivity index (χ0) is 19.2. The molecular weight excluding hydrogens is 372 g/mol. The first-order valence-corrected chi connectivity index (χ1v) is 8.33. The molecule has 0 spiro atoms. The van der Waals surface area contributed by atoms with Gasteiger partial charge in [0.25, 0.3) is 0 Å². The molecule has 0 aliphatic rings. The van der Waals surface area contributed by atoms with Crippen molar-refractivity contribution in [3.8, 4) is 5.75 Å². The maximum atomic E-state index is 11.7. The number of ether oxygens (including phenoxy) is 1. The van der Waals surface area contributed by atoms with E-state index in [0.717, 1.165) is 0 Å². The summed E-state index contributed by atoms with van der Waals surface area (Å²) in [6, 6.07) is 10.4. The number of halogens is 1. The van der Waals surface area contributed by atoms with E-state index >= 15 is 0 Å². The lowest BCUT2D eigenvalue weighted by Crippen LogP contribution is -2.06. The third-order valence-corrected chi connectivity index (χ3v) is 3.76. The number of aromatic nitrogens is 3. The first kappa shape index (κ1) is 18.3. The molecule has 2 N–H and O–H groups in total. The van der Waals surface area contributed by atoms with Gasteiger partial charge in [-0.15, -0.1) is 0 Å². The van der Waals surface area contributed by atoms with Crippen molar-refractivity contribution in [2.24, 2.45) is 0 Å². The Morgan fingerprint density at radius 3 is 2.41 bits per heavy atom. The Hall–Kier alpha value is -3.46. The highest BCUT2D eigenvalue weighted by Crippen LogP contribution is 2.36. The molecule has 0 unspecified atom stereocenters. The lowest BCUT2D eigenvalue weighted by molar-refractivity contribution is -0.383. The van der Waals surface area contributed by atoms with Crippen LogP contribution in [0.4, 0.5) is 28.7 Å². The summed E-state index contributed by atoms with van der Waals surface area (Å²) in [6.07, 6.45) is 2.73. The van der Waals surface area contributed by atoms with E-state index in [1.165, 1.54) is 12.5 Å². The van der Waals surface area contributed by atoms with Crippen LogP contribution in [0.15, 0.2) is 48.9 Å². The largest absolute Gasteiger partial charge is 0.492 e. The van der Waals surface area contributed by atoms with Gasteiger partial charge in [-0.2, -0.15) is 0 Å². The number of hydrogen-bond donors (Lipinski definition) is 2. The van der Waals surface area contributed by atoms with Crippen molar-refractivity contribution in [1.82, 2.24) is 15.0 Å². The van der Waals surface area contributed by atoms with Crippen molar-refractivity contribution in [2.45, 2.75) is 6.92 Å². The number of benzene rings is 1. The molecule has 27 heavy (non-hydrogen) atoms. The Morgan fingerprint density at radius 1 is 1.07 bits per heavy atom. The quantitative estimate of drug-likeness (QED) is 0.350. The molecule has 2 heterocycles. The second kappa shape index (κ2) is 8.28. The summed E-state index contributed by atoms with van der Waals surface area (Å²) in [6.45, 7) is 2.31. The first-order valence-electron chi connectivity index (χ1n) is 7.96. The predicted octanol–water partition coefficient (Wildman–Crippen LogP) is 4.32. The number of nitrogens with one attached hydrogen (secondary N) is 2. The molecule has 1 aromatic carbocycles. The summed E-state index contributed by atoms with van der Waals surface area (Å²) in [5, 5.41) is 17.6. The third kappa shape index (κ3) is 4.21. The van der Waals surface area contributed by atoms with Crippen LogP contribution < -0.4 is 15.4 Å². The number of hydrogen-bond acceptors (Lipinski definition) is 8.